The molecule has 0 spiro atoms. The Hall–Kier alpha value is -3.26. The van der Waals surface area contributed by atoms with Crippen molar-refractivity contribution in [1.82, 2.24) is 24.5 Å². The fourth-order valence-corrected chi connectivity index (χ4v) is 3.91. The summed E-state index contributed by atoms with van der Waals surface area (Å²) in [6, 6.07) is 2.95. The Balaban J connectivity index is 1.67. The van der Waals surface area contributed by atoms with Gasteiger partial charge in [0, 0.05) is 30.8 Å². The molecular formula is C20H21F5N6O3. The predicted molar refractivity (Wildman–Crippen MR) is 110 cm³/mol. The molecular weight excluding hydrogens is 467 g/mol. The largest absolute Gasteiger partial charge is 0.573 e. The Bertz CT molecular complexity index is 1120. The van der Waals surface area contributed by atoms with Crippen LogP contribution in [0.5, 0.6) is 11.5 Å². The van der Waals surface area contributed by atoms with Crippen molar-refractivity contribution in [3.63, 3.8) is 0 Å². The third-order valence-electron chi connectivity index (χ3n) is 5.27. The van der Waals surface area contributed by atoms with Crippen molar-refractivity contribution in [2.24, 2.45) is 0 Å². The first kappa shape index (κ1) is 23.9. The zero-order chi connectivity index (χ0) is 24.3. The van der Waals surface area contributed by atoms with Gasteiger partial charge in [0.25, 0.3) is 0 Å². The number of anilines is 1. The van der Waals surface area contributed by atoms with Crippen LogP contribution >= 0.6 is 0 Å². The van der Waals surface area contributed by atoms with Gasteiger partial charge in [-0.25, -0.2) is 4.98 Å². The van der Waals surface area contributed by atoms with Gasteiger partial charge >= 0.3 is 13.0 Å². The number of aliphatic hydroxyl groups is 1. The monoisotopic (exact) mass is 488 g/mol. The Morgan fingerprint density at radius 3 is 2.79 bits per heavy atom. The van der Waals surface area contributed by atoms with Crippen molar-refractivity contribution in [3.05, 3.63) is 30.7 Å². The molecule has 4 rings (SSSR count). The summed E-state index contributed by atoms with van der Waals surface area (Å²) >= 11 is 0. The average molecular weight is 488 g/mol. The summed E-state index contributed by atoms with van der Waals surface area (Å²) in [6.07, 6.45) is -0.471. The number of hydrogen-bond acceptors (Lipinski definition) is 8. The van der Waals surface area contributed by atoms with E-state index in [1.165, 1.54) is 16.9 Å². The van der Waals surface area contributed by atoms with E-state index in [1.54, 1.807) is 0 Å². The average Bonchev–Trinajstić information content (AvgIpc) is 3.24. The van der Waals surface area contributed by atoms with Crippen LogP contribution in [0.4, 0.5) is 27.9 Å². The molecule has 34 heavy (non-hydrogen) atoms. The SMILES string of the molecule is OCCN1CCC[C@@H](Nc2nnc(-c3ccc(OC(F)F)cc3OC(F)(F)F)c3cncn23)C1. The lowest BCUT2D eigenvalue weighted by molar-refractivity contribution is -0.274. The van der Waals surface area contributed by atoms with Gasteiger partial charge in [0.05, 0.1) is 18.3 Å². The van der Waals surface area contributed by atoms with Gasteiger partial charge in [0.15, 0.2) is 0 Å². The molecule has 0 saturated carbocycles. The molecule has 0 aliphatic carbocycles. The van der Waals surface area contributed by atoms with Gasteiger partial charge in [0.1, 0.15) is 23.5 Å². The van der Waals surface area contributed by atoms with Gasteiger partial charge in [0.2, 0.25) is 5.95 Å². The van der Waals surface area contributed by atoms with Crippen LogP contribution < -0.4 is 14.8 Å². The fourth-order valence-electron chi connectivity index (χ4n) is 3.91. The first-order chi connectivity index (χ1) is 16.2. The smallest absolute Gasteiger partial charge is 0.435 e. The highest BCUT2D eigenvalue weighted by molar-refractivity contribution is 5.81. The molecule has 1 aromatic carbocycles. The Morgan fingerprint density at radius 1 is 1.24 bits per heavy atom. The number of aliphatic hydroxyl groups excluding tert-OH is 1. The highest BCUT2D eigenvalue weighted by atomic mass is 19.4. The molecule has 184 valence electrons. The number of imidazole rings is 1. The molecule has 0 amide bonds. The van der Waals surface area contributed by atoms with E-state index in [2.05, 4.69) is 34.9 Å². The van der Waals surface area contributed by atoms with Crippen LogP contribution in [0.3, 0.4) is 0 Å². The van der Waals surface area contributed by atoms with Crippen LogP contribution in [-0.4, -0.2) is 74.8 Å². The molecule has 9 nitrogen and oxygen atoms in total. The van der Waals surface area contributed by atoms with E-state index in [4.69, 9.17) is 0 Å². The van der Waals surface area contributed by atoms with Gasteiger partial charge in [-0.05, 0) is 31.5 Å². The number of hydrogen-bond donors (Lipinski definition) is 2. The summed E-state index contributed by atoms with van der Waals surface area (Å²) in [6.45, 7) is -1.07. The van der Waals surface area contributed by atoms with E-state index in [0.717, 1.165) is 31.5 Å². The number of β-amino-alcohol motifs (C(OH)–C–C–N with tert-alkyl or cyclic N) is 1. The maximum Gasteiger partial charge on any atom is 0.573 e. The lowest BCUT2D eigenvalue weighted by Gasteiger charge is -2.32. The Kier molecular flexibility index (Phi) is 6.97. The molecule has 2 N–H and O–H groups in total. The molecule has 0 radical (unpaired) electrons. The Labute approximate surface area is 190 Å². The van der Waals surface area contributed by atoms with Crippen molar-refractivity contribution < 1.29 is 36.5 Å². The minimum Gasteiger partial charge on any atom is -0.435 e. The molecule has 14 heteroatoms. The zero-order valence-corrected chi connectivity index (χ0v) is 17.7. The first-order valence-electron chi connectivity index (χ1n) is 10.4. The lowest BCUT2D eigenvalue weighted by atomic mass is 10.1. The fraction of sp³-hybridized carbons (Fsp3) is 0.450. The van der Waals surface area contributed by atoms with Crippen LogP contribution in [0.1, 0.15) is 12.8 Å². The number of piperidine rings is 1. The van der Waals surface area contributed by atoms with Crippen LogP contribution in [0, 0.1) is 0 Å². The molecule has 1 atom stereocenters. The second kappa shape index (κ2) is 9.93. The summed E-state index contributed by atoms with van der Waals surface area (Å²) in [5.41, 5.74) is 0.210. The molecule has 2 aromatic heterocycles. The first-order valence-corrected chi connectivity index (χ1v) is 10.4. The molecule has 1 aliphatic rings. The van der Waals surface area contributed by atoms with Crippen LogP contribution in [0.2, 0.25) is 0 Å². The number of fused-ring (bicyclic) bond motifs is 1. The van der Waals surface area contributed by atoms with Gasteiger partial charge < -0.3 is 19.9 Å². The highest BCUT2D eigenvalue weighted by Crippen LogP contribution is 2.38. The van der Waals surface area contributed by atoms with Crippen molar-refractivity contribution in [1.29, 1.82) is 0 Å². The summed E-state index contributed by atoms with van der Waals surface area (Å²) in [5.74, 6) is -0.933. The summed E-state index contributed by atoms with van der Waals surface area (Å²) in [4.78, 5) is 6.17. The number of ether oxygens (including phenoxy) is 2. The lowest BCUT2D eigenvalue weighted by Crippen LogP contribution is -2.43. The summed E-state index contributed by atoms with van der Waals surface area (Å²) in [7, 11) is 0. The molecule has 1 fully saturated rings. The van der Waals surface area contributed by atoms with E-state index in [1.807, 2.05) is 0 Å². The number of likely N-dealkylation sites (tertiary alicyclic amines) is 1. The Morgan fingerprint density at radius 2 is 2.06 bits per heavy atom. The van der Waals surface area contributed by atoms with Crippen molar-refractivity contribution in [3.8, 4) is 22.8 Å². The van der Waals surface area contributed by atoms with E-state index in [0.29, 0.717) is 30.6 Å². The van der Waals surface area contributed by atoms with Gasteiger partial charge in [-0.1, -0.05) is 0 Å². The molecule has 0 bridgehead atoms. The van der Waals surface area contributed by atoms with Crippen molar-refractivity contribution in [2.75, 3.05) is 31.6 Å². The number of nitrogens with zero attached hydrogens (tertiary/aromatic N) is 5. The van der Waals surface area contributed by atoms with Gasteiger partial charge in [-0.2, -0.15) is 8.78 Å². The zero-order valence-electron chi connectivity index (χ0n) is 17.7. The second-order valence-electron chi connectivity index (χ2n) is 7.61. The van der Waals surface area contributed by atoms with Crippen molar-refractivity contribution >= 4 is 11.5 Å². The van der Waals surface area contributed by atoms with Crippen molar-refractivity contribution in [2.45, 2.75) is 31.9 Å². The predicted octanol–water partition coefficient (Wildman–Crippen LogP) is 3.16. The number of halogens is 5. The number of aromatic nitrogens is 4. The molecule has 3 heterocycles. The van der Waals surface area contributed by atoms with Gasteiger partial charge in [-0.3, -0.25) is 9.30 Å². The van der Waals surface area contributed by atoms with Gasteiger partial charge in [-0.15, -0.1) is 23.4 Å². The van der Waals surface area contributed by atoms with Crippen LogP contribution in [-0.2, 0) is 0 Å². The molecule has 1 aliphatic heterocycles. The second-order valence-corrected chi connectivity index (χ2v) is 7.61. The van der Waals surface area contributed by atoms with Crippen LogP contribution in [0.15, 0.2) is 30.7 Å². The number of rotatable bonds is 8. The minimum atomic E-state index is -5.08. The van der Waals surface area contributed by atoms with Crippen LogP contribution in [0.25, 0.3) is 16.8 Å². The maximum atomic E-state index is 13.0. The topological polar surface area (TPSA) is 97.0 Å². The third kappa shape index (κ3) is 5.62. The number of alkyl halides is 5. The quantitative estimate of drug-likeness (QED) is 0.467. The normalized spacial score (nSPS) is 17.3. The molecule has 0 unspecified atom stereocenters. The van der Waals surface area contributed by atoms with E-state index < -0.39 is 24.5 Å². The van der Waals surface area contributed by atoms with E-state index in [-0.39, 0.29) is 23.9 Å². The van der Waals surface area contributed by atoms with E-state index in [9.17, 15) is 27.1 Å². The molecule has 1 saturated heterocycles. The summed E-state index contributed by atoms with van der Waals surface area (Å²) < 4.78 is 73.9. The van der Waals surface area contributed by atoms with E-state index >= 15 is 0 Å². The molecule has 3 aromatic rings. The maximum absolute atomic E-state index is 13.0. The summed E-state index contributed by atoms with van der Waals surface area (Å²) in [5, 5.41) is 20.7. The standard InChI is InChI=1S/C20H21F5N6O3/c21-18(22)33-13-3-4-14(16(8-13)34-20(23,24)25)17-15-9-26-11-31(15)19(29-28-17)27-12-2-1-5-30(10-12)6-7-32/h3-4,8-9,11-12,18,32H,1-2,5-7,10H2,(H,27,29)/t12-/m1/s1. The number of benzene rings is 1. The third-order valence-corrected chi connectivity index (χ3v) is 5.27. The number of nitrogens with one attached hydrogen (secondary N) is 1. The highest BCUT2D eigenvalue weighted by Gasteiger charge is 2.33. The minimum absolute atomic E-state index is 0.0106.